The van der Waals surface area contributed by atoms with Crippen LogP contribution in [0.2, 0.25) is 0 Å². The Labute approximate surface area is 221 Å². The normalized spacial score (nSPS) is 16.9. The van der Waals surface area contributed by atoms with Crippen molar-refractivity contribution < 1.29 is 32.3 Å². The third-order valence-electron chi connectivity index (χ3n) is 6.96. The lowest BCUT2D eigenvalue weighted by molar-refractivity contribution is -0.167. The highest BCUT2D eigenvalue weighted by Gasteiger charge is 2.39. The highest BCUT2D eigenvalue weighted by molar-refractivity contribution is 6.16. The number of rotatable bonds is 4. The van der Waals surface area contributed by atoms with Crippen LogP contribution in [0.3, 0.4) is 0 Å². The smallest absolute Gasteiger partial charge is 0.452 e. The van der Waals surface area contributed by atoms with Crippen LogP contribution in [0.5, 0.6) is 5.75 Å². The van der Waals surface area contributed by atoms with Gasteiger partial charge >= 0.3 is 12.1 Å². The Morgan fingerprint density at radius 2 is 1.90 bits per heavy atom. The van der Waals surface area contributed by atoms with Gasteiger partial charge in [0.05, 0.1) is 5.56 Å². The quantitative estimate of drug-likeness (QED) is 0.502. The first-order valence-corrected chi connectivity index (χ1v) is 12.3. The van der Waals surface area contributed by atoms with E-state index < -0.39 is 17.9 Å². The fourth-order valence-electron chi connectivity index (χ4n) is 5.04. The molecule has 2 amide bonds. The lowest BCUT2D eigenvalue weighted by atomic mass is 9.95. The summed E-state index contributed by atoms with van der Waals surface area (Å²) in [5.74, 6) is -2.37. The molecule has 0 bridgehead atoms. The number of amides is 2. The van der Waals surface area contributed by atoms with Crippen LogP contribution in [0.25, 0.3) is 17.1 Å². The Morgan fingerprint density at radius 1 is 1.18 bits per heavy atom. The zero-order valence-electron chi connectivity index (χ0n) is 21.5. The second kappa shape index (κ2) is 9.75. The molecule has 1 fully saturated rings. The van der Waals surface area contributed by atoms with E-state index in [0.29, 0.717) is 37.1 Å². The number of allylic oxidation sites excluding steroid dienone is 1. The maximum atomic E-state index is 13.1. The molecular formula is C27H26F3N5O4. The summed E-state index contributed by atoms with van der Waals surface area (Å²) in [4.78, 5) is 45.2. The number of nitrogens with zero attached hydrogens (tertiary/aromatic N) is 4. The number of halogens is 3. The van der Waals surface area contributed by atoms with Crippen LogP contribution in [0.1, 0.15) is 28.8 Å². The molecule has 0 saturated carbocycles. The molecule has 39 heavy (non-hydrogen) atoms. The van der Waals surface area contributed by atoms with E-state index in [2.05, 4.69) is 9.88 Å². The minimum Gasteiger partial charge on any atom is -0.452 e. The average Bonchev–Trinajstić information content (AvgIpc) is 3.39. The number of ketones is 1. The monoisotopic (exact) mass is 541 g/mol. The summed E-state index contributed by atoms with van der Waals surface area (Å²) in [6, 6.07) is 5.65. The molecule has 3 aromatic rings. The predicted octanol–water partition coefficient (Wildman–Crippen LogP) is 3.99. The molecule has 0 aliphatic carbocycles. The number of aryl methyl sites for hydroxylation is 1. The number of hydrogen-bond donors (Lipinski definition) is 1. The van der Waals surface area contributed by atoms with Gasteiger partial charge in [-0.2, -0.15) is 13.2 Å². The number of carbonyl (C=O) groups is 3. The molecule has 9 nitrogen and oxygen atoms in total. The van der Waals surface area contributed by atoms with E-state index in [1.807, 2.05) is 23.9 Å². The van der Waals surface area contributed by atoms with E-state index >= 15 is 0 Å². The number of alkyl halides is 3. The summed E-state index contributed by atoms with van der Waals surface area (Å²) in [5, 5.41) is 2.57. The molecule has 0 radical (unpaired) electrons. The third kappa shape index (κ3) is 4.93. The van der Waals surface area contributed by atoms with Gasteiger partial charge in [0, 0.05) is 74.9 Å². The standard InChI is InChI=1S/C27H26F3N5O4/c1-33(2)25(37)15-7-10-35(11-8-15)19-6-9-31-24-22(19)16(14-34(24)3)12-21-23(36)18-13-17(4-5-20(18)39-21)32-26(38)27(28,29)30/h4-6,9,12-15H,7-8,10-11H2,1-3H3,(H,32,38)/b21-12-. The maximum absolute atomic E-state index is 13.1. The largest absolute Gasteiger partial charge is 0.471 e. The first-order chi connectivity index (χ1) is 18.4. The number of benzene rings is 1. The van der Waals surface area contributed by atoms with E-state index in [1.165, 1.54) is 12.1 Å². The van der Waals surface area contributed by atoms with E-state index in [0.717, 1.165) is 17.1 Å². The van der Waals surface area contributed by atoms with Crippen molar-refractivity contribution in [3.63, 3.8) is 0 Å². The Morgan fingerprint density at radius 3 is 2.56 bits per heavy atom. The Bertz CT molecular complexity index is 1520. The van der Waals surface area contributed by atoms with Crippen LogP contribution in [0.4, 0.5) is 24.5 Å². The molecule has 2 aliphatic rings. The SMILES string of the molecule is CN(C)C(=O)C1CCN(c2ccnc3c2c(/C=C2\Oc4ccc(NC(=O)C(F)(F)F)cc4C2=O)cn3C)CC1. The molecule has 4 heterocycles. The first kappa shape index (κ1) is 26.3. The Hall–Kier alpha value is -4.35. The molecule has 1 saturated heterocycles. The zero-order valence-corrected chi connectivity index (χ0v) is 21.5. The number of anilines is 2. The highest BCUT2D eigenvalue weighted by atomic mass is 19.4. The van der Waals surface area contributed by atoms with Crippen molar-refractivity contribution in [3.8, 4) is 5.75 Å². The topological polar surface area (TPSA) is 96.8 Å². The molecular weight excluding hydrogens is 515 g/mol. The van der Waals surface area contributed by atoms with Crippen molar-refractivity contribution in [1.29, 1.82) is 0 Å². The number of nitrogens with one attached hydrogen (secondary N) is 1. The molecule has 2 aromatic heterocycles. The van der Waals surface area contributed by atoms with Gasteiger partial charge in [0.15, 0.2) is 5.76 Å². The number of pyridine rings is 1. The van der Waals surface area contributed by atoms with Crippen molar-refractivity contribution in [2.45, 2.75) is 19.0 Å². The number of hydrogen-bond acceptors (Lipinski definition) is 6. The Kier molecular flexibility index (Phi) is 6.57. The van der Waals surface area contributed by atoms with E-state index in [9.17, 15) is 27.6 Å². The van der Waals surface area contributed by atoms with E-state index in [1.54, 1.807) is 36.6 Å². The number of Topliss-reactive ketones (excluding diaryl/α,β-unsaturated/α-hetero) is 1. The highest BCUT2D eigenvalue weighted by Crippen LogP contribution is 2.37. The molecule has 12 heteroatoms. The van der Waals surface area contributed by atoms with E-state index in [-0.39, 0.29) is 34.6 Å². The first-order valence-electron chi connectivity index (χ1n) is 12.3. The minimum absolute atomic E-state index is 0.00175. The van der Waals surface area contributed by atoms with Crippen molar-refractivity contribution in [2.75, 3.05) is 37.4 Å². The Balaban J connectivity index is 1.43. The molecule has 2 aliphatic heterocycles. The molecule has 5 rings (SSSR count). The summed E-state index contributed by atoms with van der Waals surface area (Å²) in [6.07, 6.45) is 1.51. The summed E-state index contributed by atoms with van der Waals surface area (Å²) < 4.78 is 45.5. The van der Waals surface area contributed by atoms with Gasteiger partial charge in [-0.3, -0.25) is 14.4 Å². The van der Waals surface area contributed by atoms with Gasteiger partial charge < -0.3 is 24.4 Å². The van der Waals surface area contributed by atoms with Crippen LogP contribution in [0.15, 0.2) is 42.4 Å². The number of ether oxygens (including phenoxy) is 1. The van der Waals surface area contributed by atoms with Crippen LogP contribution in [-0.4, -0.2) is 65.4 Å². The molecule has 0 unspecified atom stereocenters. The molecule has 204 valence electrons. The van der Waals surface area contributed by atoms with Crippen molar-refractivity contribution in [3.05, 3.63) is 53.5 Å². The minimum atomic E-state index is -5.05. The number of fused-ring (bicyclic) bond motifs is 2. The van der Waals surface area contributed by atoms with Gasteiger partial charge in [-0.05, 0) is 43.2 Å². The van der Waals surface area contributed by atoms with Crippen molar-refractivity contribution in [2.24, 2.45) is 13.0 Å². The summed E-state index contributed by atoms with van der Waals surface area (Å²) in [6.45, 7) is 1.36. The van der Waals surface area contributed by atoms with Gasteiger partial charge in [-0.1, -0.05) is 0 Å². The predicted molar refractivity (Wildman–Crippen MR) is 138 cm³/mol. The lowest BCUT2D eigenvalue weighted by Gasteiger charge is -2.34. The fraction of sp³-hybridized carbons (Fsp3) is 0.333. The van der Waals surface area contributed by atoms with Gasteiger partial charge in [-0.15, -0.1) is 0 Å². The van der Waals surface area contributed by atoms with Crippen LogP contribution >= 0.6 is 0 Å². The maximum Gasteiger partial charge on any atom is 0.471 e. The van der Waals surface area contributed by atoms with Crippen LogP contribution in [-0.2, 0) is 16.6 Å². The van der Waals surface area contributed by atoms with Gasteiger partial charge in [0.1, 0.15) is 11.4 Å². The van der Waals surface area contributed by atoms with Crippen LogP contribution < -0.4 is 15.0 Å². The van der Waals surface area contributed by atoms with Gasteiger partial charge in [0.25, 0.3) is 0 Å². The van der Waals surface area contributed by atoms with Gasteiger partial charge in [-0.25, -0.2) is 4.98 Å². The lowest BCUT2D eigenvalue weighted by Crippen LogP contribution is -2.40. The number of aromatic nitrogens is 2. The second-order valence-electron chi connectivity index (χ2n) is 9.82. The van der Waals surface area contributed by atoms with E-state index in [4.69, 9.17) is 4.74 Å². The van der Waals surface area contributed by atoms with Crippen molar-refractivity contribution >= 4 is 46.1 Å². The molecule has 1 aromatic carbocycles. The second-order valence-corrected chi connectivity index (χ2v) is 9.82. The summed E-state index contributed by atoms with van der Waals surface area (Å²) in [5.41, 5.74) is 2.19. The zero-order chi connectivity index (χ0) is 28.1. The third-order valence-corrected chi connectivity index (χ3v) is 6.96. The summed E-state index contributed by atoms with van der Waals surface area (Å²) >= 11 is 0. The summed E-state index contributed by atoms with van der Waals surface area (Å²) in [7, 11) is 5.36. The number of carbonyl (C=O) groups excluding carboxylic acids is 3. The van der Waals surface area contributed by atoms with Gasteiger partial charge in [0.2, 0.25) is 11.7 Å². The molecule has 0 spiro atoms. The van der Waals surface area contributed by atoms with Crippen LogP contribution in [0, 0.1) is 5.92 Å². The molecule has 1 N–H and O–H groups in total. The fourth-order valence-corrected chi connectivity index (χ4v) is 5.04. The number of piperidine rings is 1. The molecule has 0 atom stereocenters. The van der Waals surface area contributed by atoms with Crippen molar-refractivity contribution in [1.82, 2.24) is 14.5 Å². The average molecular weight is 542 g/mol.